The number of aryl methyl sites for hydroxylation is 1. The van der Waals surface area contributed by atoms with E-state index in [-0.39, 0.29) is 12.0 Å². The highest BCUT2D eigenvalue weighted by Crippen LogP contribution is 2.36. The monoisotopic (exact) mass is 380 g/mol. The number of piperidine rings is 1. The number of carbonyl (C=O) groups excluding carboxylic acids is 2. The maximum absolute atomic E-state index is 13.0. The van der Waals surface area contributed by atoms with Crippen LogP contribution in [0.2, 0.25) is 0 Å². The molecule has 0 aliphatic carbocycles. The van der Waals surface area contributed by atoms with Crippen molar-refractivity contribution in [3.8, 4) is 0 Å². The first-order valence-electron chi connectivity index (χ1n) is 9.87. The number of hydrogen-bond acceptors (Lipinski definition) is 3. The summed E-state index contributed by atoms with van der Waals surface area (Å²) in [5.41, 5.74) is 2.31. The van der Waals surface area contributed by atoms with Crippen molar-refractivity contribution in [1.82, 2.24) is 4.90 Å². The number of esters is 1. The topological polar surface area (TPSA) is 58.6 Å². The number of nitrogens with one attached hydrogen (secondary N) is 1. The maximum atomic E-state index is 13.0. The molecule has 28 heavy (non-hydrogen) atoms. The van der Waals surface area contributed by atoms with Gasteiger partial charge < -0.3 is 15.0 Å². The fourth-order valence-corrected chi connectivity index (χ4v) is 3.87. The number of hydrogen-bond donors (Lipinski definition) is 1. The Morgan fingerprint density at radius 2 is 1.82 bits per heavy atom. The number of nitrogens with zero attached hydrogens (tertiary/aromatic N) is 1. The van der Waals surface area contributed by atoms with Gasteiger partial charge in [0, 0.05) is 18.8 Å². The third-order valence-electron chi connectivity index (χ3n) is 5.39. The van der Waals surface area contributed by atoms with Gasteiger partial charge in [0.2, 0.25) is 0 Å². The van der Waals surface area contributed by atoms with Crippen LogP contribution in [0, 0.1) is 12.3 Å². The van der Waals surface area contributed by atoms with E-state index < -0.39 is 5.41 Å². The standard InChI is InChI=1S/C23H28N2O3/c1-3-28-21(26)23(16-19-11-8-7-10-18(19)2)14-9-15-25(17-23)22(27)24-20-12-5-4-6-13-20/h4-8,10-13H,3,9,14-17H2,1-2H3,(H,24,27)/t23-/m1/s1. The molecule has 1 aliphatic heterocycles. The number of para-hydroxylation sites is 1. The number of rotatable bonds is 5. The minimum atomic E-state index is -0.714. The molecule has 1 N–H and O–H groups in total. The molecule has 0 radical (unpaired) electrons. The molecule has 1 fully saturated rings. The van der Waals surface area contributed by atoms with Crippen LogP contribution in [0.25, 0.3) is 0 Å². The normalized spacial score (nSPS) is 19.1. The van der Waals surface area contributed by atoms with Crippen LogP contribution in [-0.2, 0) is 16.0 Å². The predicted octanol–water partition coefficient (Wildman–Crippen LogP) is 4.41. The molecule has 0 aromatic heterocycles. The summed E-state index contributed by atoms with van der Waals surface area (Å²) in [5.74, 6) is -0.213. The van der Waals surface area contributed by atoms with Crippen LogP contribution in [0.15, 0.2) is 54.6 Å². The van der Waals surface area contributed by atoms with Gasteiger partial charge in [-0.15, -0.1) is 0 Å². The van der Waals surface area contributed by atoms with Crippen molar-refractivity contribution in [3.63, 3.8) is 0 Å². The van der Waals surface area contributed by atoms with Gasteiger partial charge in [-0.3, -0.25) is 4.79 Å². The number of urea groups is 1. The third kappa shape index (κ3) is 4.53. The fraction of sp³-hybridized carbons (Fsp3) is 0.391. The summed E-state index contributed by atoms with van der Waals surface area (Å²) in [6.07, 6.45) is 2.07. The lowest BCUT2D eigenvalue weighted by Crippen LogP contribution is -2.52. The molecule has 5 nitrogen and oxygen atoms in total. The molecule has 1 aliphatic rings. The largest absolute Gasteiger partial charge is 0.466 e. The molecule has 2 aromatic carbocycles. The number of benzene rings is 2. The molecule has 0 spiro atoms. The van der Waals surface area contributed by atoms with Gasteiger partial charge in [0.05, 0.1) is 12.0 Å². The van der Waals surface area contributed by atoms with E-state index in [2.05, 4.69) is 24.4 Å². The average Bonchev–Trinajstić information content (AvgIpc) is 2.71. The van der Waals surface area contributed by atoms with Gasteiger partial charge in [-0.25, -0.2) is 4.79 Å². The summed E-state index contributed by atoms with van der Waals surface area (Å²) < 4.78 is 5.45. The summed E-state index contributed by atoms with van der Waals surface area (Å²) in [4.78, 5) is 27.5. The highest BCUT2D eigenvalue weighted by molar-refractivity contribution is 5.90. The van der Waals surface area contributed by atoms with Crippen LogP contribution >= 0.6 is 0 Å². The number of amides is 2. The zero-order valence-corrected chi connectivity index (χ0v) is 16.6. The second kappa shape index (κ2) is 8.91. The van der Waals surface area contributed by atoms with E-state index in [1.54, 1.807) is 4.90 Å². The lowest BCUT2D eigenvalue weighted by atomic mass is 9.74. The average molecular weight is 380 g/mol. The zero-order valence-electron chi connectivity index (χ0n) is 16.6. The molecule has 3 rings (SSSR count). The van der Waals surface area contributed by atoms with Crippen molar-refractivity contribution in [3.05, 3.63) is 65.7 Å². The molecule has 2 amide bonds. The Hall–Kier alpha value is -2.82. The zero-order chi connectivity index (χ0) is 20.0. The van der Waals surface area contributed by atoms with Crippen LogP contribution in [-0.4, -0.2) is 36.6 Å². The molecular formula is C23H28N2O3. The first-order valence-corrected chi connectivity index (χ1v) is 9.87. The van der Waals surface area contributed by atoms with Crippen molar-refractivity contribution in [2.24, 2.45) is 5.41 Å². The summed E-state index contributed by atoms with van der Waals surface area (Å²) in [6, 6.07) is 17.3. The Morgan fingerprint density at radius 1 is 1.11 bits per heavy atom. The van der Waals surface area contributed by atoms with Gasteiger partial charge in [0.1, 0.15) is 0 Å². The van der Waals surface area contributed by atoms with Crippen molar-refractivity contribution in [2.75, 3.05) is 25.0 Å². The van der Waals surface area contributed by atoms with E-state index in [1.807, 2.05) is 49.4 Å². The van der Waals surface area contributed by atoms with Crippen LogP contribution < -0.4 is 5.32 Å². The molecule has 1 heterocycles. The van der Waals surface area contributed by atoms with Crippen molar-refractivity contribution in [2.45, 2.75) is 33.1 Å². The van der Waals surface area contributed by atoms with E-state index >= 15 is 0 Å². The maximum Gasteiger partial charge on any atom is 0.321 e. The van der Waals surface area contributed by atoms with Crippen LogP contribution in [0.5, 0.6) is 0 Å². The summed E-state index contributed by atoms with van der Waals surface area (Å²) in [7, 11) is 0. The second-order valence-electron chi connectivity index (χ2n) is 7.43. The molecule has 148 valence electrons. The van der Waals surface area contributed by atoms with Crippen molar-refractivity contribution >= 4 is 17.7 Å². The SMILES string of the molecule is CCOC(=O)[C@@]1(Cc2ccccc2C)CCCN(C(=O)Nc2ccccc2)C1. The van der Waals surface area contributed by atoms with Gasteiger partial charge >= 0.3 is 12.0 Å². The lowest BCUT2D eigenvalue weighted by Gasteiger charge is -2.41. The molecule has 5 heteroatoms. The van der Waals surface area contributed by atoms with Gasteiger partial charge in [-0.1, -0.05) is 42.5 Å². The van der Waals surface area contributed by atoms with E-state index in [4.69, 9.17) is 4.74 Å². The van der Waals surface area contributed by atoms with Gasteiger partial charge in [0.15, 0.2) is 0 Å². The molecule has 2 aromatic rings. The molecule has 1 saturated heterocycles. The number of ether oxygens (including phenoxy) is 1. The Balaban J connectivity index is 1.82. The molecule has 0 bridgehead atoms. The quantitative estimate of drug-likeness (QED) is 0.782. The number of carbonyl (C=O) groups is 2. The predicted molar refractivity (Wildman–Crippen MR) is 110 cm³/mol. The van der Waals surface area contributed by atoms with Crippen molar-refractivity contribution < 1.29 is 14.3 Å². The van der Waals surface area contributed by atoms with Crippen molar-refractivity contribution in [1.29, 1.82) is 0 Å². The van der Waals surface area contributed by atoms with Gasteiger partial charge in [0.25, 0.3) is 0 Å². The molecule has 0 unspecified atom stereocenters. The van der Waals surface area contributed by atoms with Crippen LogP contribution in [0.1, 0.15) is 30.9 Å². The minimum absolute atomic E-state index is 0.177. The lowest BCUT2D eigenvalue weighted by molar-refractivity contribution is -0.158. The smallest absolute Gasteiger partial charge is 0.321 e. The highest BCUT2D eigenvalue weighted by atomic mass is 16.5. The van der Waals surface area contributed by atoms with E-state index in [1.165, 1.54) is 0 Å². The Labute approximate surface area is 166 Å². The summed E-state index contributed by atoms with van der Waals surface area (Å²) in [6.45, 7) is 5.20. The fourth-order valence-electron chi connectivity index (χ4n) is 3.87. The van der Waals surface area contributed by atoms with Gasteiger partial charge in [-0.05, 0) is 56.4 Å². The third-order valence-corrected chi connectivity index (χ3v) is 5.39. The second-order valence-corrected chi connectivity index (χ2v) is 7.43. The summed E-state index contributed by atoms with van der Waals surface area (Å²) in [5, 5.41) is 2.93. The van der Waals surface area contributed by atoms with Crippen LogP contribution in [0.3, 0.4) is 0 Å². The number of anilines is 1. The Bertz CT molecular complexity index is 822. The minimum Gasteiger partial charge on any atom is -0.466 e. The van der Waals surface area contributed by atoms with Crippen LogP contribution in [0.4, 0.5) is 10.5 Å². The molecule has 1 atom stereocenters. The number of likely N-dealkylation sites (tertiary alicyclic amines) is 1. The first kappa shape index (κ1) is 19.9. The van der Waals surface area contributed by atoms with E-state index in [9.17, 15) is 9.59 Å². The highest BCUT2D eigenvalue weighted by Gasteiger charge is 2.45. The van der Waals surface area contributed by atoms with E-state index in [0.29, 0.717) is 26.1 Å². The Morgan fingerprint density at radius 3 is 2.54 bits per heavy atom. The first-order chi connectivity index (χ1) is 13.5. The molecular weight excluding hydrogens is 352 g/mol. The molecule has 0 saturated carbocycles. The van der Waals surface area contributed by atoms with E-state index in [0.717, 1.165) is 29.7 Å². The summed E-state index contributed by atoms with van der Waals surface area (Å²) >= 11 is 0. The van der Waals surface area contributed by atoms with Gasteiger partial charge in [-0.2, -0.15) is 0 Å². The Kier molecular flexibility index (Phi) is 6.34.